The van der Waals surface area contributed by atoms with Gasteiger partial charge in [-0.2, -0.15) is 0 Å². The number of carbonyl (C=O) groups is 2. The second-order valence-corrected chi connectivity index (χ2v) is 7.15. The van der Waals surface area contributed by atoms with Gasteiger partial charge >= 0.3 is 11.6 Å². The van der Waals surface area contributed by atoms with E-state index in [1.807, 2.05) is 19.9 Å². The molecule has 160 valence electrons. The van der Waals surface area contributed by atoms with Gasteiger partial charge in [0, 0.05) is 28.6 Å². The van der Waals surface area contributed by atoms with Crippen LogP contribution in [0, 0.1) is 24.0 Å². The van der Waals surface area contributed by atoms with Crippen molar-refractivity contribution in [3.8, 4) is 0 Å². The van der Waals surface area contributed by atoms with Crippen molar-refractivity contribution in [1.29, 1.82) is 0 Å². The molecule has 1 heterocycles. The van der Waals surface area contributed by atoms with Crippen molar-refractivity contribution >= 4 is 40.1 Å². The zero-order chi connectivity index (χ0) is 22.7. The average molecular weight is 445 g/mol. The maximum Gasteiger partial charge on any atom is 0.336 e. The number of hydrogen-bond donors (Lipinski definition) is 1. The first-order valence-electron chi connectivity index (χ1n) is 9.08. The fraction of sp³-hybridized carbons (Fsp3) is 0.190. The highest BCUT2D eigenvalue weighted by Crippen LogP contribution is 2.25. The van der Waals surface area contributed by atoms with Gasteiger partial charge in [0.25, 0.3) is 11.6 Å². The Labute approximate surface area is 180 Å². The van der Waals surface area contributed by atoms with Crippen LogP contribution in [0.5, 0.6) is 0 Å². The highest BCUT2D eigenvalue weighted by Gasteiger charge is 2.17. The van der Waals surface area contributed by atoms with Crippen molar-refractivity contribution in [2.24, 2.45) is 0 Å². The lowest BCUT2D eigenvalue weighted by atomic mass is 10.0. The van der Waals surface area contributed by atoms with Crippen LogP contribution in [0.1, 0.15) is 27.0 Å². The number of hydrogen-bond acceptors (Lipinski definition) is 7. The number of aryl methyl sites for hydroxylation is 2. The van der Waals surface area contributed by atoms with Gasteiger partial charge in [0.05, 0.1) is 4.92 Å². The Bertz CT molecular complexity index is 1270. The van der Waals surface area contributed by atoms with E-state index in [-0.39, 0.29) is 17.2 Å². The molecule has 0 aliphatic carbocycles. The lowest BCUT2D eigenvalue weighted by Gasteiger charge is -2.10. The van der Waals surface area contributed by atoms with Crippen LogP contribution in [-0.2, 0) is 16.1 Å². The van der Waals surface area contributed by atoms with E-state index in [0.717, 1.165) is 17.2 Å². The van der Waals surface area contributed by atoms with Crippen molar-refractivity contribution < 1.29 is 23.7 Å². The topological polar surface area (TPSA) is 129 Å². The molecular weight excluding hydrogens is 428 g/mol. The molecule has 1 amide bonds. The predicted molar refractivity (Wildman–Crippen MR) is 112 cm³/mol. The van der Waals surface area contributed by atoms with Crippen LogP contribution in [0.25, 0.3) is 11.0 Å². The average Bonchev–Trinajstić information content (AvgIpc) is 2.73. The number of carbonyl (C=O) groups excluding carboxylic acids is 2. The van der Waals surface area contributed by atoms with Crippen LogP contribution in [0.4, 0.5) is 5.69 Å². The third kappa shape index (κ3) is 4.89. The molecule has 0 radical (unpaired) electrons. The van der Waals surface area contributed by atoms with E-state index in [1.165, 1.54) is 18.2 Å². The summed E-state index contributed by atoms with van der Waals surface area (Å²) in [5.74, 6) is -1.45. The quantitative estimate of drug-likeness (QED) is 0.267. The molecule has 10 heteroatoms. The zero-order valence-corrected chi connectivity index (χ0v) is 17.3. The second kappa shape index (κ2) is 8.97. The Balaban J connectivity index is 1.66. The molecule has 31 heavy (non-hydrogen) atoms. The Morgan fingerprint density at radius 1 is 1.19 bits per heavy atom. The number of fused-ring (bicyclic) bond motifs is 1. The maximum atomic E-state index is 12.2. The summed E-state index contributed by atoms with van der Waals surface area (Å²) < 4.78 is 10.4. The maximum absolute atomic E-state index is 12.2. The van der Waals surface area contributed by atoms with Crippen LogP contribution in [0.3, 0.4) is 0 Å². The first kappa shape index (κ1) is 22.0. The molecule has 3 rings (SSSR count). The fourth-order valence-electron chi connectivity index (χ4n) is 2.90. The van der Waals surface area contributed by atoms with Gasteiger partial charge in [-0.25, -0.2) is 4.79 Å². The molecular formula is C21H17ClN2O7. The van der Waals surface area contributed by atoms with E-state index in [1.54, 1.807) is 6.07 Å². The van der Waals surface area contributed by atoms with Crippen LogP contribution < -0.4 is 10.9 Å². The number of nitrogens with zero attached hydrogens (tertiary/aromatic N) is 1. The molecule has 0 atom stereocenters. The minimum Gasteiger partial charge on any atom is -0.459 e. The van der Waals surface area contributed by atoms with E-state index in [0.29, 0.717) is 16.5 Å². The smallest absolute Gasteiger partial charge is 0.336 e. The Hall–Kier alpha value is -3.72. The van der Waals surface area contributed by atoms with Crippen molar-refractivity contribution in [1.82, 2.24) is 5.32 Å². The van der Waals surface area contributed by atoms with Gasteiger partial charge in [-0.3, -0.25) is 19.7 Å². The molecule has 9 nitrogen and oxygen atoms in total. The summed E-state index contributed by atoms with van der Waals surface area (Å²) in [7, 11) is 0. The van der Waals surface area contributed by atoms with Gasteiger partial charge in [-0.15, -0.1) is 0 Å². The van der Waals surface area contributed by atoms with E-state index in [2.05, 4.69) is 5.32 Å². The summed E-state index contributed by atoms with van der Waals surface area (Å²) in [6, 6.07) is 8.43. The van der Waals surface area contributed by atoms with Gasteiger partial charge < -0.3 is 14.5 Å². The number of esters is 1. The molecule has 1 N–H and O–H groups in total. The largest absolute Gasteiger partial charge is 0.459 e. The van der Waals surface area contributed by atoms with E-state index in [9.17, 15) is 24.5 Å². The van der Waals surface area contributed by atoms with Crippen LogP contribution in [0.15, 0.2) is 45.6 Å². The van der Waals surface area contributed by atoms with Crippen molar-refractivity contribution in [3.63, 3.8) is 0 Å². The van der Waals surface area contributed by atoms with Gasteiger partial charge in [-0.1, -0.05) is 23.7 Å². The number of halogens is 1. The summed E-state index contributed by atoms with van der Waals surface area (Å²) in [6.07, 6.45) is 0. The Morgan fingerprint density at radius 3 is 2.65 bits per heavy atom. The third-order valence-corrected chi connectivity index (χ3v) is 5.02. The highest BCUT2D eigenvalue weighted by molar-refractivity contribution is 6.32. The van der Waals surface area contributed by atoms with Crippen molar-refractivity contribution in [2.45, 2.75) is 20.5 Å². The molecule has 0 spiro atoms. The zero-order valence-electron chi connectivity index (χ0n) is 16.6. The molecule has 0 unspecified atom stereocenters. The summed E-state index contributed by atoms with van der Waals surface area (Å²) in [4.78, 5) is 46.3. The SMILES string of the molecule is Cc1ccc2c(COC(=O)CNC(=O)c3ccc(Cl)c([N+](=O)[O-])c3)cc(=O)oc2c1C. The molecule has 3 aromatic rings. The predicted octanol–water partition coefficient (Wildman–Crippen LogP) is 3.44. The fourth-order valence-corrected chi connectivity index (χ4v) is 3.09. The van der Waals surface area contributed by atoms with Crippen LogP contribution >= 0.6 is 11.6 Å². The number of ether oxygens (including phenoxy) is 1. The summed E-state index contributed by atoms with van der Waals surface area (Å²) in [6.45, 7) is 3.06. The highest BCUT2D eigenvalue weighted by atomic mass is 35.5. The van der Waals surface area contributed by atoms with Gasteiger partial charge in [0.1, 0.15) is 23.8 Å². The molecule has 0 saturated heterocycles. The lowest BCUT2D eigenvalue weighted by molar-refractivity contribution is -0.384. The minimum absolute atomic E-state index is 0.0265. The number of nitro benzene ring substituents is 1. The number of amides is 1. The lowest BCUT2D eigenvalue weighted by Crippen LogP contribution is -2.30. The second-order valence-electron chi connectivity index (χ2n) is 6.74. The summed E-state index contributed by atoms with van der Waals surface area (Å²) in [5, 5.41) is 13.8. The molecule has 0 saturated carbocycles. The van der Waals surface area contributed by atoms with Crippen LogP contribution in [-0.4, -0.2) is 23.3 Å². The molecule has 0 bridgehead atoms. The number of nitro groups is 1. The Morgan fingerprint density at radius 2 is 1.94 bits per heavy atom. The monoisotopic (exact) mass is 444 g/mol. The van der Waals surface area contributed by atoms with Gasteiger partial charge in [0.2, 0.25) is 0 Å². The standard InChI is InChI=1S/C21H17ClN2O7/c1-11-3-5-15-14(8-18(25)31-20(15)12(11)2)10-30-19(26)9-23-21(27)13-4-6-16(22)17(7-13)24(28)29/h3-8H,9-10H2,1-2H3,(H,23,27). The van der Waals surface area contributed by atoms with Crippen molar-refractivity contribution in [2.75, 3.05) is 6.54 Å². The van der Waals surface area contributed by atoms with Gasteiger partial charge in [0.15, 0.2) is 0 Å². The molecule has 0 aliphatic rings. The van der Waals surface area contributed by atoms with Crippen LogP contribution in [0.2, 0.25) is 5.02 Å². The van der Waals surface area contributed by atoms with E-state index in [4.69, 9.17) is 20.8 Å². The molecule has 2 aromatic carbocycles. The van der Waals surface area contributed by atoms with E-state index < -0.39 is 34.7 Å². The van der Waals surface area contributed by atoms with Gasteiger partial charge in [-0.05, 0) is 37.1 Å². The number of benzene rings is 2. The normalized spacial score (nSPS) is 10.7. The molecule has 0 fully saturated rings. The Kier molecular flexibility index (Phi) is 6.36. The number of nitrogens with one attached hydrogen (secondary N) is 1. The van der Waals surface area contributed by atoms with Crippen molar-refractivity contribution in [3.05, 3.63) is 84.2 Å². The van der Waals surface area contributed by atoms with E-state index >= 15 is 0 Å². The summed E-state index contributed by atoms with van der Waals surface area (Å²) in [5.41, 5.74) is 1.66. The number of rotatable bonds is 6. The summed E-state index contributed by atoms with van der Waals surface area (Å²) >= 11 is 5.72. The molecule has 0 aliphatic heterocycles. The first-order valence-corrected chi connectivity index (χ1v) is 9.46. The first-order chi connectivity index (χ1) is 14.7. The third-order valence-electron chi connectivity index (χ3n) is 4.70. The molecule has 1 aromatic heterocycles. The minimum atomic E-state index is -0.748.